The van der Waals surface area contributed by atoms with E-state index in [9.17, 15) is 9.59 Å². The van der Waals surface area contributed by atoms with Gasteiger partial charge in [-0.05, 0) is 6.92 Å². The van der Waals surface area contributed by atoms with Gasteiger partial charge in [-0.3, -0.25) is 10.1 Å². The molecule has 1 aromatic rings. The van der Waals surface area contributed by atoms with E-state index in [1.165, 1.54) is 11.9 Å². The summed E-state index contributed by atoms with van der Waals surface area (Å²) in [7, 11) is 5.21. The minimum absolute atomic E-state index is 0.105. The summed E-state index contributed by atoms with van der Waals surface area (Å²) >= 11 is 0. The molecule has 116 valence electrons. The molecule has 1 rings (SSSR count). The molecule has 0 spiro atoms. The number of urea groups is 1. The van der Waals surface area contributed by atoms with E-state index >= 15 is 0 Å². The molecule has 1 atom stereocenters. The van der Waals surface area contributed by atoms with Crippen molar-refractivity contribution in [3.05, 3.63) is 11.8 Å². The summed E-state index contributed by atoms with van der Waals surface area (Å²) < 4.78 is 0. The van der Waals surface area contributed by atoms with E-state index in [4.69, 9.17) is 5.11 Å². The maximum absolute atomic E-state index is 12.0. The zero-order valence-electron chi connectivity index (χ0n) is 12.9. The second-order valence-corrected chi connectivity index (χ2v) is 5.14. The molecule has 0 saturated heterocycles. The molecule has 0 aromatic carbocycles. The number of carbonyl (C=O) groups excluding carboxylic acids is 1. The van der Waals surface area contributed by atoms with Gasteiger partial charge in [0.2, 0.25) is 5.95 Å². The molecule has 2 amide bonds. The van der Waals surface area contributed by atoms with Gasteiger partial charge in [0.25, 0.3) is 0 Å². The molecule has 1 aromatic heterocycles. The molecule has 21 heavy (non-hydrogen) atoms. The highest BCUT2D eigenvalue weighted by molar-refractivity contribution is 5.87. The van der Waals surface area contributed by atoms with Crippen molar-refractivity contribution in [2.45, 2.75) is 13.8 Å². The van der Waals surface area contributed by atoms with Crippen LogP contribution in [0.5, 0.6) is 0 Å². The number of carboxylic acids is 1. The molecule has 0 aliphatic carbocycles. The summed E-state index contributed by atoms with van der Waals surface area (Å²) in [6.45, 7) is 3.45. The highest BCUT2D eigenvalue weighted by atomic mass is 16.4. The Hall–Kier alpha value is -2.38. The Bertz CT molecular complexity index is 533. The molecule has 0 fully saturated rings. The fourth-order valence-electron chi connectivity index (χ4n) is 1.60. The number of amides is 2. The minimum atomic E-state index is -0.948. The summed E-state index contributed by atoms with van der Waals surface area (Å²) in [5, 5.41) is 11.4. The predicted molar refractivity (Wildman–Crippen MR) is 79.5 cm³/mol. The first-order valence-electron chi connectivity index (χ1n) is 6.48. The minimum Gasteiger partial charge on any atom is -0.481 e. The number of nitrogens with one attached hydrogen (secondary N) is 1. The lowest BCUT2D eigenvalue weighted by molar-refractivity contribution is -0.141. The number of carboxylic acid groups (broad SMARTS) is 1. The molecule has 1 heterocycles. The van der Waals surface area contributed by atoms with E-state index in [1.54, 1.807) is 24.8 Å². The molecular formula is C13H21N5O3. The smallest absolute Gasteiger partial charge is 0.323 e. The second kappa shape index (κ2) is 6.87. The van der Waals surface area contributed by atoms with Gasteiger partial charge in [0.1, 0.15) is 5.82 Å². The van der Waals surface area contributed by atoms with Crippen molar-refractivity contribution in [3.8, 4) is 0 Å². The van der Waals surface area contributed by atoms with Crippen LogP contribution in [0.4, 0.5) is 16.6 Å². The topological polar surface area (TPSA) is 98.7 Å². The molecular weight excluding hydrogens is 274 g/mol. The third-order valence-electron chi connectivity index (χ3n) is 2.83. The Labute approximate surface area is 123 Å². The highest BCUT2D eigenvalue weighted by Gasteiger charge is 2.18. The van der Waals surface area contributed by atoms with Crippen molar-refractivity contribution in [1.29, 1.82) is 0 Å². The van der Waals surface area contributed by atoms with Gasteiger partial charge in [0.05, 0.1) is 5.92 Å². The van der Waals surface area contributed by atoms with E-state index in [2.05, 4.69) is 15.3 Å². The predicted octanol–water partition coefficient (Wildman–Crippen LogP) is 1.04. The number of aromatic nitrogens is 2. The average Bonchev–Trinajstić information content (AvgIpc) is 2.37. The maximum atomic E-state index is 12.0. The molecule has 0 bridgehead atoms. The lowest BCUT2D eigenvalue weighted by Gasteiger charge is -2.20. The number of hydrogen-bond acceptors (Lipinski definition) is 5. The average molecular weight is 295 g/mol. The first kappa shape index (κ1) is 16.7. The van der Waals surface area contributed by atoms with E-state index in [0.717, 1.165) is 5.69 Å². The summed E-state index contributed by atoms with van der Waals surface area (Å²) in [4.78, 5) is 34.2. The van der Waals surface area contributed by atoms with Crippen molar-refractivity contribution >= 4 is 23.8 Å². The Morgan fingerprint density at radius 2 is 1.95 bits per heavy atom. The first-order valence-corrected chi connectivity index (χ1v) is 6.48. The van der Waals surface area contributed by atoms with Crippen molar-refractivity contribution in [1.82, 2.24) is 14.9 Å². The normalized spacial score (nSPS) is 11.7. The maximum Gasteiger partial charge on any atom is 0.323 e. The third-order valence-corrected chi connectivity index (χ3v) is 2.83. The van der Waals surface area contributed by atoms with Crippen LogP contribution in [0.1, 0.15) is 12.6 Å². The second-order valence-electron chi connectivity index (χ2n) is 5.14. The number of aryl methyl sites for hydroxylation is 1. The van der Waals surface area contributed by atoms with Crippen LogP contribution in [-0.4, -0.2) is 59.7 Å². The molecule has 8 heteroatoms. The van der Waals surface area contributed by atoms with Gasteiger partial charge < -0.3 is 14.9 Å². The zero-order chi connectivity index (χ0) is 16.2. The number of hydrogen-bond donors (Lipinski definition) is 2. The number of anilines is 2. The Morgan fingerprint density at radius 1 is 1.33 bits per heavy atom. The standard InChI is InChI=1S/C13H21N5O3/c1-8(11(19)20)7-18(5)13(21)16-12-14-9(2)6-10(15-12)17(3)4/h6,8H,7H2,1-5H3,(H,19,20)(H,14,15,16,21). The highest BCUT2D eigenvalue weighted by Crippen LogP contribution is 2.12. The van der Waals surface area contributed by atoms with Crippen LogP contribution < -0.4 is 10.2 Å². The summed E-state index contributed by atoms with van der Waals surface area (Å²) in [5.41, 5.74) is 0.727. The van der Waals surface area contributed by atoms with Crippen LogP contribution in [-0.2, 0) is 4.79 Å². The molecule has 0 aliphatic heterocycles. The van der Waals surface area contributed by atoms with Gasteiger partial charge in [-0.1, -0.05) is 6.92 Å². The summed E-state index contributed by atoms with van der Waals surface area (Å²) in [6.07, 6.45) is 0. The Balaban J connectivity index is 2.76. The Kier molecular flexibility index (Phi) is 5.45. The molecule has 8 nitrogen and oxygen atoms in total. The largest absolute Gasteiger partial charge is 0.481 e. The van der Waals surface area contributed by atoms with Gasteiger partial charge in [0, 0.05) is 39.4 Å². The van der Waals surface area contributed by atoms with Crippen LogP contribution in [0.15, 0.2) is 6.07 Å². The molecule has 0 aliphatic rings. The van der Waals surface area contributed by atoms with Gasteiger partial charge in [-0.25, -0.2) is 9.78 Å². The first-order chi connectivity index (χ1) is 9.70. The van der Waals surface area contributed by atoms with Crippen molar-refractivity contribution in [2.75, 3.05) is 37.9 Å². The van der Waals surface area contributed by atoms with Crippen LogP contribution in [0.3, 0.4) is 0 Å². The van der Waals surface area contributed by atoms with Crippen molar-refractivity contribution in [2.24, 2.45) is 5.92 Å². The molecule has 0 radical (unpaired) electrons. The number of carbonyl (C=O) groups is 2. The lowest BCUT2D eigenvalue weighted by atomic mass is 10.2. The van der Waals surface area contributed by atoms with Crippen molar-refractivity contribution < 1.29 is 14.7 Å². The quantitative estimate of drug-likeness (QED) is 0.842. The molecule has 2 N–H and O–H groups in total. The van der Waals surface area contributed by atoms with E-state index < -0.39 is 17.9 Å². The van der Waals surface area contributed by atoms with Gasteiger partial charge in [-0.15, -0.1) is 0 Å². The zero-order valence-corrected chi connectivity index (χ0v) is 12.9. The van der Waals surface area contributed by atoms with E-state index in [0.29, 0.717) is 5.82 Å². The summed E-state index contributed by atoms with van der Waals surface area (Å²) in [5.74, 6) is -0.717. The molecule has 0 saturated carbocycles. The third kappa shape index (κ3) is 4.90. The van der Waals surface area contributed by atoms with E-state index in [-0.39, 0.29) is 12.5 Å². The van der Waals surface area contributed by atoms with Crippen LogP contribution in [0.25, 0.3) is 0 Å². The van der Waals surface area contributed by atoms with Gasteiger partial charge >= 0.3 is 12.0 Å². The monoisotopic (exact) mass is 295 g/mol. The number of nitrogens with zero attached hydrogens (tertiary/aromatic N) is 4. The van der Waals surface area contributed by atoms with Gasteiger partial charge in [0.15, 0.2) is 0 Å². The fraction of sp³-hybridized carbons (Fsp3) is 0.538. The van der Waals surface area contributed by atoms with Gasteiger partial charge in [-0.2, -0.15) is 4.98 Å². The van der Waals surface area contributed by atoms with E-state index in [1.807, 2.05) is 14.1 Å². The SMILES string of the molecule is Cc1cc(N(C)C)nc(NC(=O)N(C)CC(C)C(=O)O)n1. The van der Waals surface area contributed by atoms with Crippen LogP contribution >= 0.6 is 0 Å². The number of aliphatic carboxylic acids is 1. The van der Waals surface area contributed by atoms with Crippen LogP contribution in [0.2, 0.25) is 0 Å². The van der Waals surface area contributed by atoms with Crippen LogP contribution in [0, 0.1) is 12.8 Å². The Morgan fingerprint density at radius 3 is 2.48 bits per heavy atom. The number of rotatable bonds is 5. The molecule has 1 unspecified atom stereocenters. The lowest BCUT2D eigenvalue weighted by Crippen LogP contribution is -2.37. The fourth-order valence-corrected chi connectivity index (χ4v) is 1.60. The van der Waals surface area contributed by atoms with Crippen molar-refractivity contribution in [3.63, 3.8) is 0 Å². The summed E-state index contributed by atoms with van der Waals surface area (Å²) in [6, 6.07) is 1.35.